The number of aromatic nitrogens is 1. The van der Waals surface area contributed by atoms with Crippen LogP contribution >= 0.6 is 0 Å². The Morgan fingerprint density at radius 3 is 1.84 bits per heavy atom. The van der Waals surface area contributed by atoms with Gasteiger partial charge in [-0.3, -0.25) is 4.98 Å². The van der Waals surface area contributed by atoms with Gasteiger partial charge in [-0.05, 0) is 98.0 Å². The van der Waals surface area contributed by atoms with Gasteiger partial charge in [0, 0.05) is 17.7 Å². The first-order valence-electron chi connectivity index (χ1n) is 14.7. The number of rotatable bonds is 6. The predicted molar refractivity (Wildman–Crippen MR) is 184 cm³/mol. The van der Waals surface area contributed by atoms with E-state index in [2.05, 4.69) is 146 Å². The van der Waals surface area contributed by atoms with Crippen molar-refractivity contribution in [1.82, 2.24) is 4.98 Å². The highest BCUT2D eigenvalue weighted by Gasteiger charge is 2.17. The molecule has 1 heterocycles. The minimum atomic E-state index is 0.759. The van der Waals surface area contributed by atoms with Gasteiger partial charge in [0.15, 0.2) is 0 Å². The molecule has 0 bridgehead atoms. The molecule has 0 unspecified atom stereocenters. The van der Waals surface area contributed by atoms with Gasteiger partial charge in [0.05, 0.1) is 5.69 Å². The molecular weight excluding hydrogens is 520 g/mol. The van der Waals surface area contributed by atoms with E-state index < -0.39 is 0 Å². The van der Waals surface area contributed by atoms with E-state index in [4.69, 9.17) is 10.7 Å². The minimum absolute atomic E-state index is 0.759. The number of fused-ring (bicyclic) bond motifs is 3. The molecule has 0 aliphatic carbocycles. The second-order valence-electron chi connectivity index (χ2n) is 11.0. The molecule has 2 nitrogen and oxygen atoms in total. The van der Waals surface area contributed by atoms with E-state index in [1.54, 1.807) is 6.20 Å². The lowest BCUT2D eigenvalue weighted by Crippen LogP contribution is -1.93. The summed E-state index contributed by atoms with van der Waals surface area (Å²) in [5, 5.41) is 7.51. The Morgan fingerprint density at radius 1 is 0.581 bits per heavy atom. The quantitative estimate of drug-likeness (QED) is 0.165. The van der Waals surface area contributed by atoms with Crippen LogP contribution in [0.25, 0.3) is 65.8 Å². The molecule has 2 heteroatoms. The first kappa shape index (κ1) is 26.4. The maximum Gasteiger partial charge on any atom is 0.0705 e. The van der Waals surface area contributed by atoms with Crippen molar-refractivity contribution in [3.8, 4) is 33.5 Å². The van der Waals surface area contributed by atoms with Gasteiger partial charge in [-0.25, -0.2) is 0 Å². The second-order valence-corrected chi connectivity index (χ2v) is 11.0. The lowest BCUT2D eigenvalue weighted by atomic mass is 9.85. The SMILES string of the molecule is CC(/C=C\N)=C/Cc1cccc(-c2cccc(-c3c4ccccc4c(-c4ccc5ccccc5c4)c4ccccc34)c2)n1. The van der Waals surface area contributed by atoms with Crippen molar-refractivity contribution in [2.75, 3.05) is 0 Å². The van der Waals surface area contributed by atoms with E-state index in [9.17, 15) is 0 Å². The fraction of sp³-hybridized carbons (Fsp3) is 0.0488. The molecule has 7 rings (SSSR count). The number of pyridine rings is 1. The Bertz CT molecular complexity index is 2130. The van der Waals surface area contributed by atoms with Crippen LogP contribution in [0.15, 0.2) is 157 Å². The average Bonchev–Trinajstić information content (AvgIpc) is 3.06. The number of hydrogen-bond acceptors (Lipinski definition) is 2. The van der Waals surface area contributed by atoms with E-state index in [-0.39, 0.29) is 0 Å². The van der Waals surface area contributed by atoms with E-state index in [1.165, 1.54) is 54.6 Å². The van der Waals surface area contributed by atoms with Crippen LogP contribution in [0.2, 0.25) is 0 Å². The number of allylic oxidation sites excluding steroid dienone is 3. The Hall–Kier alpha value is -5.47. The van der Waals surface area contributed by atoms with Crippen LogP contribution < -0.4 is 5.73 Å². The highest BCUT2D eigenvalue weighted by atomic mass is 14.7. The van der Waals surface area contributed by atoms with Crippen LogP contribution in [-0.4, -0.2) is 4.98 Å². The molecule has 6 aromatic carbocycles. The van der Waals surface area contributed by atoms with Crippen LogP contribution in [0, 0.1) is 0 Å². The summed E-state index contributed by atoms with van der Waals surface area (Å²) in [5.74, 6) is 0. The smallest absolute Gasteiger partial charge is 0.0705 e. The van der Waals surface area contributed by atoms with Crippen LogP contribution in [-0.2, 0) is 6.42 Å². The molecule has 0 saturated carbocycles. The van der Waals surface area contributed by atoms with E-state index >= 15 is 0 Å². The van der Waals surface area contributed by atoms with E-state index in [1.807, 2.05) is 6.08 Å². The van der Waals surface area contributed by atoms with Crippen molar-refractivity contribution in [3.63, 3.8) is 0 Å². The predicted octanol–water partition coefficient (Wildman–Crippen LogP) is 10.5. The third-order valence-corrected chi connectivity index (χ3v) is 8.22. The van der Waals surface area contributed by atoms with Gasteiger partial charge in [-0.1, -0.05) is 121 Å². The van der Waals surface area contributed by atoms with Gasteiger partial charge in [-0.2, -0.15) is 0 Å². The standard InChI is InChI=1S/C41H32N2/c1-28(24-25-42)20-23-34-14-9-19-39(43-34)31-12-8-13-32(27-31)40-35-15-4-6-17-37(35)41(38-18-7-5-16-36(38)40)33-22-21-29-10-2-3-11-30(29)26-33/h2-22,24-27H,23,42H2,1H3/b25-24-,28-20-. The molecule has 206 valence electrons. The largest absolute Gasteiger partial charge is 0.405 e. The highest BCUT2D eigenvalue weighted by molar-refractivity contribution is 6.21. The zero-order valence-corrected chi connectivity index (χ0v) is 24.2. The number of nitrogens with zero attached hydrogens (tertiary/aromatic N) is 1. The van der Waals surface area contributed by atoms with Crippen molar-refractivity contribution in [1.29, 1.82) is 0 Å². The zero-order valence-electron chi connectivity index (χ0n) is 24.2. The molecular formula is C41H32N2. The molecule has 2 N–H and O–H groups in total. The van der Waals surface area contributed by atoms with Crippen LogP contribution in [0.1, 0.15) is 12.6 Å². The molecule has 0 aliphatic rings. The number of benzene rings is 6. The first-order valence-corrected chi connectivity index (χ1v) is 14.7. The lowest BCUT2D eigenvalue weighted by Gasteiger charge is -2.18. The molecule has 7 aromatic rings. The van der Waals surface area contributed by atoms with Gasteiger partial charge in [-0.15, -0.1) is 0 Å². The van der Waals surface area contributed by atoms with Gasteiger partial charge in [0.25, 0.3) is 0 Å². The Morgan fingerprint density at radius 2 is 1.16 bits per heavy atom. The third-order valence-electron chi connectivity index (χ3n) is 8.22. The zero-order chi connectivity index (χ0) is 29.2. The molecule has 0 aliphatic heterocycles. The molecule has 43 heavy (non-hydrogen) atoms. The molecule has 0 spiro atoms. The normalized spacial score (nSPS) is 12.1. The van der Waals surface area contributed by atoms with Gasteiger partial charge in [0.1, 0.15) is 0 Å². The Balaban J connectivity index is 1.40. The maximum absolute atomic E-state index is 5.55. The van der Waals surface area contributed by atoms with Gasteiger partial charge in [0.2, 0.25) is 0 Å². The summed E-state index contributed by atoms with van der Waals surface area (Å²) in [7, 11) is 0. The summed E-state index contributed by atoms with van der Waals surface area (Å²) in [4.78, 5) is 5.01. The number of hydrogen-bond donors (Lipinski definition) is 1. The first-order chi connectivity index (χ1) is 21.2. The maximum atomic E-state index is 5.55. The Kier molecular flexibility index (Phi) is 7.02. The fourth-order valence-electron chi connectivity index (χ4n) is 6.17. The summed E-state index contributed by atoms with van der Waals surface area (Å²) >= 11 is 0. The summed E-state index contributed by atoms with van der Waals surface area (Å²) in [5.41, 5.74) is 14.7. The molecule has 0 fully saturated rings. The minimum Gasteiger partial charge on any atom is -0.405 e. The third kappa shape index (κ3) is 5.09. The second kappa shape index (κ2) is 11.4. The van der Waals surface area contributed by atoms with Crippen molar-refractivity contribution in [2.45, 2.75) is 13.3 Å². The summed E-state index contributed by atoms with van der Waals surface area (Å²) in [6.45, 7) is 2.05. The monoisotopic (exact) mass is 552 g/mol. The molecule has 1 aromatic heterocycles. The van der Waals surface area contributed by atoms with Crippen molar-refractivity contribution >= 4 is 32.3 Å². The summed E-state index contributed by atoms with van der Waals surface area (Å²) in [6, 6.07) is 48.1. The summed E-state index contributed by atoms with van der Waals surface area (Å²) < 4.78 is 0. The van der Waals surface area contributed by atoms with E-state index in [0.29, 0.717) is 0 Å². The van der Waals surface area contributed by atoms with Crippen LogP contribution in [0.5, 0.6) is 0 Å². The van der Waals surface area contributed by atoms with Crippen molar-refractivity contribution < 1.29 is 0 Å². The van der Waals surface area contributed by atoms with Crippen molar-refractivity contribution in [2.24, 2.45) is 5.73 Å². The van der Waals surface area contributed by atoms with Crippen molar-refractivity contribution in [3.05, 3.63) is 163 Å². The van der Waals surface area contributed by atoms with Gasteiger partial charge >= 0.3 is 0 Å². The molecule has 0 radical (unpaired) electrons. The lowest BCUT2D eigenvalue weighted by molar-refractivity contribution is 1.10. The van der Waals surface area contributed by atoms with Crippen LogP contribution in [0.4, 0.5) is 0 Å². The molecule has 0 atom stereocenters. The summed E-state index contributed by atoms with van der Waals surface area (Å²) in [6.07, 6.45) is 6.40. The van der Waals surface area contributed by atoms with E-state index in [0.717, 1.165) is 28.9 Å². The van der Waals surface area contributed by atoms with Gasteiger partial charge < -0.3 is 5.73 Å². The molecule has 0 saturated heterocycles. The Labute approximate surface area is 252 Å². The molecule has 0 amide bonds. The number of nitrogens with two attached hydrogens (primary N) is 1. The average molecular weight is 553 g/mol. The van der Waals surface area contributed by atoms with Crippen LogP contribution in [0.3, 0.4) is 0 Å². The fourth-order valence-corrected chi connectivity index (χ4v) is 6.17. The highest BCUT2D eigenvalue weighted by Crippen LogP contribution is 2.44. The topological polar surface area (TPSA) is 38.9 Å².